The zero-order valence-corrected chi connectivity index (χ0v) is 10.1. The Morgan fingerprint density at radius 2 is 2.13 bits per heavy atom. The van der Waals surface area contributed by atoms with Crippen LogP contribution in [0.5, 0.6) is 0 Å². The van der Waals surface area contributed by atoms with Crippen LogP contribution in [0.25, 0.3) is 0 Å². The van der Waals surface area contributed by atoms with Crippen molar-refractivity contribution >= 4 is 15.7 Å². The fourth-order valence-electron chi connectivity index (χ4n) is 1.46. The van der Waals surface area contributed by atoms with Crippen molar-refractivity contribution in [1.82, 2.24) is 4.90 Å². The first kappa shape index (κ1) is 12.4. The van der Waals surface area contributed by atoms with Crippen molar-refractivity contribution in [3.63, 3.8) is 0 Å². The van der Waals surface area contributed by atoms with Gasteiger partial charge in [-0.3, -0.25) is 4.79 Å². The predicted octanol–water partition coefficient (Wildman–Crippen LogP) is -0.333. The van der Waals surface area contributed by atoms with Gasteiger partial charge in [-0.05, 0) is 13.8 Å². The largest absolute Gasteiger partial charge is 0.375 e. The van der Waals surface area contributed by atoms with Crippen LogP contribution in [0.1, 0.15) is 13.8 Å². The van der Waals surface area contributed by atoms with Crippen LogP contribution in [0.2, 0.25) is 0 Å². The van der Waals surface area contributed by atoms with Crippen molar-refractivity contribution in [1.29, 1.82) is 0 Å². The Kier molecular flexibility index (Phi) is 3.72. The van der Waals surface area contributed by atoms with Crippen LogP contribution >= 0.6 is 0 Å². The van der Waals surface area contributed by atoms with E-state index in [9.17, 15) is 13.2 Å². The van der Waals surface area contributed by atoms with Crippen LogP contribution < -0.4 is 0 Å². The lowest BCUT2D eigenvalue weighted by Crippen LogP contribution is -2.49. The van der Waals surface area contributed by atoms with Crippen LogP contribution in [0.4, 0.5) is 0 Å². The number of nitrogens with zero attached hydrogens (tertiary/aromatic N) is 1. The predicted molar refractivity (Wildman–Crippen MR) is 56.3 cm³/mol. The molecular formula is C9H17NO4S. The molecule has 1 amide bonds. The maximum absolute atomic E-state index is 11.8. The third kappa shape index (κ3) is 3.17. The van der Waals surface area contributed by atoms with Gasteiger partial charge in [0.15, 0.2) is 9.84 Å². The number of ether oxygens (including phenoxy) is 1. The SMILES string of the molecule is CC1CN(C(=O)C(C)S(C)(=O)=O)CCO1. The van der Waals surface area contributed by atoms with E-state index in [0.717, 1.165) is 6.26 Å². The van der Waals surface area contributed by atoms with Crippen LogP contribution in [0.15, 0.2) is 0 Å². The molecular weight excluding hydrogens is 218 g/mol. The molecule has 0 bridgehead atoms. The zero-order chi connectivity index (χ0) is 11.6. The standard InChI is InChI=1S/C9H17NO4S/c1-7-6-10(4-5-14-7)9(11)8(2)15(3,12)13/h7-8H,4-6H2,1-3H3. The molecule has 88 valence electrons. The van der Waals surface area contributed by atoms with Gasteiger partial charge in [0.1, 0.15) is 5.25 Å². The molecule has 1 saturated heterocycles. The van der Waals surface area contributed by atoms with Crippen LogP contribution in [-0.4, -0.2) is 56.5 Å². The van der Waals surface area contributed by atoms with Gasteiger partial charge in [-0.1, -0.05) is 0 Å². The molecule has 1 aliphatic heterocycles. The molecule has 0 aromatic carbocycles. The smallest absolute Gasteiger partial charge is 0.240 e. The van der Waals surface area contributed by atoms with Gasteiger partial charge in [0.2, 0.25) is 5.91 Å². The van der Waals surface area contributed by atoms with Gasteiger partial charge < -0.3 is 9.64 Å². The van der Waals surface area contributed by atoms with E-state index in [1.807, 2.05) is 6.92 Å². The van der Waals surface area contributed by atoms with Crippen LogP contribution in [0.3, 0.4) is 0 Å². The molecule has 0 aromatic rings. The van der Waals surface area contributed by atoms with Crippen molar-refractivity contribution < 1.29 is 17.9 Å². The van der Waals surface area contributed by atoms with Crippen LogP contribution in [0, 0.1) is 0 Å². The Bertz CT molecular complexity index is 338. The Labute approximate surface area is 90.3 Å². The normalized spacial score (nSPS) is 25.0. The number of morpholine rings is 1. The molecule has 0 aliphatic carbocycles. The summed E-state index contributed by atoms with van der Waals surface area (Å²) in [6.45, 7) is 4.72. The molecule has 1 fully saturated rings. The molecule has 1 heterocycles. The zero-order valence-electron chi connectivity index (χ0n) is 9.26. The molecule has 0 aromatic heterocycles. The van der Waals surface area contributed by atoms with Crippen LogP contribution in [-0.2, 0) is 19.4 Å². The number of hydrogen-bond acceptors (Lipinski definition) is 4. The van der Waals surface area contributed by atoms with Crippen molar-refractivity contribution in [3.05, 3.63) is 0 Å². The highest BCUT2D eigenvalue weighted by molar-refractivity contribution is 7.92. The molecule has 6 heteroatoms. The summed E-state index contributed by atoms with van der Waals surface area (Å²) in [4.78, 5) is 13.3. The molecule has 5 nitrogen and oxygen atoms in total. The monoisotopic (exact) mass is 235 g/mol. The average molecular weight is 235 g/mol. The second-order valence-electron chi connectivity index (χ2n) is 3.94. The first-order chi connectivity index (χ1) is 6.82. The minimum Gasteiger partial charge on any atom is -0.375 e. The third-order valence-electron chi connectivity index (χ3n) is 2.54. The number of carbonyl (C=O) groups is 1. The highest BCUT2D eigenvalue weighted by Gasteiger charge is 2.30. The molecule has 2 unspecified atom stereocenters. The Morgan fingerprint density at radius 3 is 2.60 bits per heavy atom. The van der Waals surface area contributed by atoms with E-state index in [1.165, 1.54) is 6.92 Å². The fourth-order valence-corrected chi connectivity index (χ4v) is 1.97. The molecule has 0 N–H and O–H groups in total. The Balaban J connectivity index is 2.68. The minimum absolute atomic E-state index is 0.0190. The molecule has 2 atom stereocenters. The van der Waals surface area contributed by atoms with Gasteiger partial charge in [-0.2, -0.15) is 0 Å². The highest BCUT2D eigenvalue weighted by Crippen LogP contribution is 2.09. The lowest BCUT2D eigenvalue weighted by Gasteiger charge is -2.32. The van der Waals surface area contributed by atoms with Gasteiger partial charge >= 0.3 is 0 Å². The number of sulfone groups is 1. The van der Waals surface area contributed by atoms with E-state index in [1.54, 1.807) is 4.90 Å². The van der Waals surface area contributed by atoms with Gasteiger partial charge in [0.25, 0.3) is 0 Å². The average Bonchev–Trinajstić information content (AvgIpc) is 2.14. The summed E-state index contributed by atoms with van der Waals surface area (Å²) in [5.41, 5.74) is 0. The van der Waals surface area contributed by atoms with E-state index < -0.39 is 15.1 Å². The number of amides is 1. The summed E-state index contributed by atoms with van der Waals surface area (Å²) in [5.74, 6) is -0.326. The molecule has 0 saturated carbocycles. The topological polar surface area (TPSA) is 63.7 Å². The Morgan fingerprint density at radius 1 is 1.53 bits per heavy atom. The van der Waals surface area contributed by atoms with E-state index >= 15 is 0 Å². The first-order valence-corrected chi connectivity index (χ1v) is 6.87. The quantitative estimate of drug-likeness (QED) is 0.657. The summed E-state index contributed by atoms with van der Waals surface area (Å²) in [6.07, 6.45) is 1.06. The minimum atomic E-state index is -3.30. The maximum Gasteiger partial charge on any atom is 0.240 e. The van der Waals surface area contributed by atoms with E-state index in [4.69, 9.17) is 4.74 Å². The number of hydrogen-bond donors (Lipinski definition) is 0. The summed E-state index contributed by atoms with van der Waals surface area (Å²) >= 11 is 0. The lowest BCUT2D eigenvalue weighted by atomic mass is 10.3. The van der Waals surface area contributed by atoms with E-state index in [0.29, 0.717) is 19.7 Å². The Hall–Kier alpha value is -0.620. The van der Waals surface area contributed by atoms with Gasteiger partial charge in [-0.15, -0.1) is 0 Å². The second-order valence-corrected chi connectivity index (χ2v) is 6.30. The summed E-state index contributed by atoms with van der Waals surface area (Å²) in [7, 11) is -3.30. The lowest BCUT2D eigenvalue weighted by molar-refractivity contribution is -0.137. The molecule has 15 heavy (non-hydrogen) atoms. The second kappa shape index (κ2) is 4.49. The van der Waals surface area contributed by atoms with Gasteiger partial charge in [0, 0.05) is 19.3 Å². The summed E-state index contributed by atoms with van der Waals surface area (Å²) in [6, 6.07) is 0. The van der Waals surface area contributed by atoms with E-state index in [-0.39, 0.29) is 12.0 Å². The number of carbonyl (C=O) groups excluding carboxylic acids is 1. The number of rotatable bonds is 2. The summed E-state index contributed by atoms with van der Waals surface area (Å²) in [5, 5.41) is -0.956. The maximum atomic E-state index is 11.8. The molecule has 0 radical (unpaired) electrons. The van der Waals surface area contributed by atoms with E-state index in [2.05, 4.69) is 0 Å². The molecule has 0 spiro atoms. The van der Waals surface area contributed by atoms with Crippen molar-refractivity contribution in [2.24, 2.45) is 0 Å². The molecule has 1 aliphatic rings. The third-order valence-corrected chi connectivity index (χ3v) is 4.03. The fraction of sp³-hybridized carbons (Fsp3) is 0.889. The first-order valence-electron chi connectivity index (χ1n) is 4.91. The summed E-state index contributed by atoms with van der Waals surface area (Å²) < 4.78 is 27.7. The van der Waals surface area contributed by atoms with Crippen molar-refractivity contribution in [3.8, 4) is 0 Å². The van der Waals surface area contributed by atoms with Gasteiger partial charge in [0.05, 0.1) is 12.7 Å². The van der Waals surface area contributed by atoms with Crippen molar-refractivity contribution in [2.45, 2.75) is 25.2 Å². The van der Waals surface area contributed by atoms with Gasteiger partial charge in [-0.25, -0.2) is 8.42 Å². The highest BCUT2D eigenvalue weighted by atomic mass is 32.2. The van der Waals surface area contributed by atoms with Crippen molar-refractivity contribution in [2.75, 3.05) is 26.0 Å². The molecule has 1 rings (SSSR count).